The second-order valence-corrected chi connectivity index (χ2v) is 0.614. The van der Waals surface area contributed by atoms with Crippen molar-refractivity contribution in [3.8, 4) is 0 Å². The fraction of sp³-hybridized carbons (Fsp3) is 0. The van der Waals surface area contributed by atoms with Gasteiger partial charge in [0.25, 0.3) is 0 Å². The van der Waals surface area contributed by atoms with Crippen LogP contribution in [0.1, 0.15) is 0 Å². The molecule has 0 aromatic carbocycles. The van der Waals surface area contributed by atoms with Crippen molar-refractivity contribution in [1.82, 2.24) is 5.43 Å². The van der Waals surface area contributed by atoms with E-state index in [1.807, 2.05) is 0 Å². The van der Waals surface area contributed by atoms with Crippen LogP contribution < -0.4 is 11.3 Å². The van der Waals surface area contributed by atoms with Crippen LogP contribution >= 0.6 is 0 Å². The molecule has 0 fully saturated rings. The third-order valence-electron chi connectivity index (χ3n) is 0.246. The summed E-state index contributed by atoms with van der Waals surface area (Å²) in [4.78, 5) is 13.3. The molecule has 1 amide bonds. The van der Waals surface area contributed by atoms with Crippen molar-refractivity contribution in [2.75, 3.05) is 0 Å². The summed E-state index contributed by atoms with van der Waals surface area (Å²) in [6, 6.07) is 0. The van der Waals surface area contributed by atoms with Crippen LogP contribution in [0.4, 0.5) is 4.79 Å². The minimum atomic E-state index is -0.949. The molecule has 0 aromatic heterocycles. The molecule has 0 radical (unpaired) electrons. The molecule has 0 spiro atoms. The third kappa shape index (κ3) is 2.64. The van der Waals surface area contributed by atoms with Crippen LogP contribution in [-0.4, -0.2) is 6.09 Å². The quantitative estimate of drug-likeness (QED) is 0.181. The summed E-state index contributed by atoms with van der Waals surface area (Å²) < 4.78 is 0. The van der Waals surface area contributed by atoms with Crippen LogP contribution in [0.25, 0.3) is 0 Å². The predicted molar refractivity (Wildman–Crippen MR) is 19.0 cm³/mol. The van der Waals surface area contributed by atoms with E-state index in [0.29, 0.717) is 0 Å². The van der Waals surface area contributed by atoms with E-state index in [1.165, 1.54) is 0 Å². The number of nitrogens with two attached hydrogens (primary N) is 1. The number of rotatable bonds is 1. The number of carbonyl (C=O) groups excluding carboxylic acids is 1. The molecule has 0 aliphatic rings. The fourth-order valence-corrected chi connectivity index (χ4v) is 0.0678. The molecule has 0 aliphatic heterocycles. The lowest BCUT2D eigenvalue weighted by molar-refractivity contribution is 0.138. The van der Waals surface area contributed by atoms with Gasteiger partial charge in [0.15, 0.2) is 0 Å². The van der Waals surface area contributed by atoms with Crippen molar-refractivity contribution in [3.63, 3.8) is 0 Å². The summed E-state index contributed by atoms with van der Waals surface area (Å²) in [6.07, 6.45) is -0.949. The molecule has 0 heterocycles. The molecule has 40 valence electrons. The van der Waals surface area contributed by atoms with Crippen LogP contribution in [-0.2, 0) is 4.84 Å². The number of nitrogens with one attached hydrogen (secondary N) is 2. The van der Waals surface area contributed by atoms with E-state index >= 15 is 0 Å². The number of hydrazine groups is 1. The molecule has 0 saturated heterocycles. The van der Waals surface area contributed by atoms with E-state index in [4.69, 9.17) is 5.53 Å². The lowest BCUT2D eigenvalue weighted by Crippen LogP contribution is -2.29. The molecule has 6 nitrogen and oxygen atoms in total. The number of hydrogen-bond donors (Lipinski definition) is 3. The maximum Gasteiger partial charge on any atom is 0.448 e. The first kappa shape index (κ1) is 5.83. The number of nitrogens with zero attached hydrogens (tertiary/aromatic N) is 1. The Hall–Kier alpha value is -1.17. The molecule has 0 saturated carbocycles. The van der Waals surface area contributed by atoms with Gasteiger partial charge >= 0.3 is 6.09 Å². The highest BCUT2D eigenvalue weighted by Crippen LogP contribution is 1.70. The summed E-state index contributed by atoms with van der Waals surface area (Å²) in [6.45, 7) is 0. The fourth-order valence-electron chi connectivity index (χ4n) is 0.0678. The molecule has 0 unspecified atom stereocenters. The maximum atomic E-state index is 9.74. The Morgan fingerprint density at radius 2 is 2.57 bits per heavy atom. The summed E-state index contributed by atoms with van der Waals surface area (Å²) in [5, 5.41) is 2.26. The van der Waals surface area contributed by atoms with Crippen LogP contribution in [0.2, 0.25) is 0 Å². The number of carbonyl (C=O) groups is 1. The van der Waals surface area contributed by atoms with E-state index in [2.05, 4.69) is 16.0 Å². The zero-order valence-corrected chi connectivity index (χ0v) is 3.34. The smallest absolute Gasteiger partial charge is 0.278 e. The van der Waals surface area contributed by atoms with Gasteiger partial charge in [-0.3, -0.25) is 10.3 Å². The number of hydrogen-bond acceptors (Lipinski definition) is 5. The summed E-state index contributed by atoms with van der Waals surface area (Å²) >= 11 is 0. The maximum absolute atomic E-state index is 9.74. The van der Waals surface area contributed by atoms with E-state index in [-0.39, 0.29) is 0 Å². The average Bonchev–Trinajstić information content (AvgIpc) is 1.68. The molecule has 4 N–H and O–H groups in total. The summed E-state index contributed by atoms with van der Waals surface area (Å²) in [5.74, 6) is 4.49. The van der Waals surface area contributed by atoms with Crippen LogP contribution in [0.15, 0.2) is 5.28 Å². The Morgan fingerprint density at radius 1 is 2.00 bits per heavy atom. The number of amides is 1. The van der Waals surface area contributed by atoms with Crippen LogP contribution in [0, 0.1) is 5.53 Å². The average molecular weight is 104 g/mol. The Labute approximate surface area is 39.1 Å². The second-order valence-electron chi connectivity index (χ2n) is 0.614. The lowest BCUT2D eigenvalue weighted by Gasteiger charge is -1.87. The van der Waals surface area contributed by atoms with Gasteiger partial charge in [-0.1, -0.05) is 0 Å². The first-order valence-electron chi connectivity index (χ1n) is 1.35. The predicted octanol–water partition coefficient (Wildman–Crippen LogP) is -0.468. The molecule has 0 atom stereocenters. The van der Waals surface area contributed by atoms with E-state index in [0.717, 1.165) is 0 Å². The summed E-state index contributed by atoms with van der Waals surface area (Å²) in [7, 11) is 0. The molecule has 0 rings (SSSR count). The normalized spacial score (nSPS) is 7.00. The van der Waals surface area contributed by atoms with Gasteiger partial charge in [0.1, 0.15) is 0 Å². The molecule has 0 aromatic rings. The van der Waals surface area contributed by atoms with Gasteiger partial charge in [-0.05, 0) is 0 Å². The van der Waals surface area contributed by atoms with Crippen LogP contribution in [0.3, 0.4) is 0 Å². The minimum absolute atomic E-state index is 0.949. The molecule has 7 heavy (non-hydrogen) atoms. The SMILES string of the molecule is N=NOC(=O)NN. The molecular formula is CH4N4O2. The van der Waals surface area contributed by atoms with Gasteiger partial charge in [0.2, 0.25) is 0 Å². The highest BCUT2D eigenvalue weighted by molar-refractivity contribution is 5.65. The van der Waals surface area contributed by atoms with Gasteiger partial charge in [-0.2, -0.15) is 5.53 Å². The van der Waals surface area contributed by atoms with Gasteiger partial charge in [0, 0.05) is 5.28 Å². The van der Waals surface area contributed by atoms with Gasteiger partial charge < -0.3 is 0 Å². The van der Waals surface area contributed by atoms with Crippen LogP contribution in [0.5, 0.6) is 0 Å². The van der Waals surface area contributed by atoms with Gasteiger partial charge in [-0.25, -0.2) is 10.6 Å². The lowest BCUT2D eigenvalue weighted by atomic mass is 11.3. The van der Waals surface area contributed by atoms with Crippen molar-refractivity contribution in [2.45, 2.75) is 0 Å². The Kier molecular flexibility index (Phi) is 2.53. The summed E-state index contributed by atoms with van der Waals surface area (Å²) in [5.41, 5.74) is 7.51. The van der Waals surface area contributed by atoms with Gasteiger partial charge in [-0.15, -0.1) is 0 Å². The van der Waals surface area contributed by atoms with Crippen molar-refractivity contribution < 1.29 is 9.63 Å². The standard InChI is InChI=1S/CH4N4O2/c2-4-1(6)7-5-3/h3H,2H2,(H,4,6). The molecule has 0 aliphatic carbocycles. The van der Waals surface area contributed by atoms with Crippen molar-refractivity contribution in [2.24, 2.45) is 11.1 Å². The van der Waals surface area contributed by atoms with Crippen molar-refractivity contribution >= 4 is 6.09 Å². The minimum Gasteiger partial charge on any atom is -0.278 e. The Balaban J connectivity index is 3.17. The molecule has 0 bridgehead atoms. The highest BCUT2D eigenvalue weighted by atomic mass is 16.7. The first-order chi connectivity index (χ1) is 3.31. The molecule has 6 heteroatoms. The van der Waals surface area contributed by atoms with Crippen molar-refractivity contribution in [1.29, 1.82) is 5.53 Å². The largest absolute Gasteiger partial charge is 0.448 e. The first-order valence-corrected chi connectivity index (χ1v) is 1.35. The Bertz CT molecular complexity index is 79.8. The zero-order valence-electron chi connectivity index (χ0n) is 3.34. The molecular weight excluding hydrogens is 100 g/mol. The zero-order chi connectivity index (χ0) is 5.70. The van der Waals surface area contributed by atoms with Gasteiger partial charge in [0.05, 0.1) is 0 Å². The Morgan fingerprint density at radius 3 is 2.71 bits per heavy atom. The van der Waals surface area contributed by atoms with Crippen molar-refractivity contribution in [3.05, 3.63) is 0 Å². The topological polar surface area (TPSA) is 101 Å². The highest BCUT2D eigenvalue weighted by Gasteiger charge is 1.91. The second kappa shape index (κ2) is 3.04. The van der Waals surface area contributed by atoms with E-state index in [1.54, 1.807) is 5.43 Å². The third-order valence-corrected chi connectivity index (χ3v) is 0.246. The van der Waals surface area contributed by atoms with E-state index in [9.17, 15) is 4.79 Å². The van der Waals surface area contributed by atoms with E-state index < -0.39 is 6.09 Å². The monoisotopic (exact) mass is 104 g/mol.